The molecule has 2 saturated heterocycles. The lowest BCUT2D eigenvalue weighted by Gasteiger charge is -2.29. The highest BCUT2D eigenvalue weighted by atomic mass is 32.2. The van der Waals surface area contributed by atoms with Gasteiger partial charge < -0.3 is 9.32 Å². The van der Waals surface area contributed by atoms with E-state index in [1.807, 2.05) is 12.1 Å². The van der Waals surface area contributed by atoms with E-state index in [9.17, 15) is 8.42 Å². The molecule has 0 radical (unpaired) electrons. The summed E-state index contributed by atoms with van der Waals surface area (Å²) in [7, 11) is -3.41. The zero-order valence-electron chi connectivity index (χ0n) is 13.1. The van der Waals surface area contributed by atoms with Gasteiger partial charge in [-0.15, -0.1) is 0 Å². The number of likely N-dealkylation sites (N-methyl/N-ethyl adjacent to an activating group) is 1. The molecule has 2 aliphatic heterocycles. The number of rotatable bonds is 4. The zero-order chi connectivity index (χ0) is 15.6. The molecular formula is C15H25N3O3S. The summed E-state index contributed by atoms with van der Waals surface area (Å²) < 4.78 is 34.8. The van der Waals surface area contributed by atoms with Gasteiger partial charge in [-0.05, 0) is 44.5 Å². The Morgan fingerprint density at radius 1 is 1.18 bits per heavy atom. The second kappa shape index (κ2) is 6.70. The highest BCUT2D eigenvalue weighted by Crippen LogP contribution is 2.35. The third-order valence-corrected chi connectivity index (χ3v) is 6.74. The molecule has 0 N–H and O–H groups in total. The zero-order valence-corrected chi connectivity index (χ0v) is 14.0. The molecule has 1 unspecified atom stereocenters. The lowest BCUT2D eigenvalue weighted by Crippen LogP contribution is -2.45. The van der Waals surface area contributed by atoms with Crippen molar-refractivity contribution in [2.24, 2.45) is 0 Å². The Kier molecular flexibility index (Phi) is 4.87. The molecule has 1 aromatic rings. The Morgan fingerprint density at radius 2 is 2.05 bits per heavy atom. The molecule has 0 aromatic carbocycles. The summed E-state index contributed by atoms with van der Waals surface area (Å²) in [6, 6.07) is 3.55. The highest BCUT2D eigenvalue weighted by molar-refractivity contribution is 7.86. The minimum absolute atomic E-state index is 0.148. The molecule has 2 fully saturated rings. The van der Waals surface area contributed by atoms with Crippen molar-refractivity contribution in [2.45, 2.75) is 32.2 Å². The lowest BCUT2D eigenvalue weighted by atomic mass is 10.2. The van der Waals surface area contributed by atoms with Gasteiger partial charge in [-0.3, -0.25) is 0 Å². The fourth-order valence-corrected chi connectivity index (χ4v) is 5.28. The standard InChI is InChI=1S/C15H25N3O3S/c1-2-16-8-5-9-17(12-11-16)22(19,20)18-10-3-6-14(18)15-7-4-13-21-15/h4,7,13-14H,2-3,5-6,8-12H2,1H3. The van der Waals surface area contributed by atoms with Gasteiger partial charge in [-0.1, -0.05) is 6.92 Å². The first-order valence-electron chi connectivity index (χ1n) is 8.15. The van der Waals surface area contributed by atoms with Gasteiger partial charge in [-0.25, -0.2) is 0 Å². The molecule has 7 heteroatoms. The predicted octanol–water partition coefficient (Wildman–Crippen LogP) is 1.69. The average molecular weight is 327 g/mol. The van der Waals surface area contributed by atoms with Crippen molar-refractivity contribution < 1.29 is 12.8 Å². The number of hydrogen-bond acceptors (Lipinski definition) is 4. The van der Waals surface area contributed by atoms with Crippen molar-refractivity contribution in [1.82, 2.24) is 13.5 Å². The van der Waals surface area contributed by atoms with E-state index in [4.69, 9.17) is 4.42 Å². The number of nitrogens with zero attached hydrogens (tertiary/aromatic N) is 3. The van der Waals surface area contributed by atoms with Crippen LogP contribution in [0.5, 0.6) is 0 Å². The van der Waals surface area contributed by atoms with Crippen LogP contribution in [0.4, 0.5) is 0 Å². The second-order valence-electron chi connectivity index (χ2n) is 5.98. The van der Waals surface area contributed by atoms with Crippen molar-refractivity contribution in [3.05, 3.63) is 24.2 Å². The van der Waals surface area contributed by atoms with Gasteiger partial charge in [-0.2, -0.15) is 17.0 Å². The molecule has 3 rings (SSSR count). The van der Waals surface area contributed by atoms with Gasteiger partial charge in [0.1, 0.15) is 5.76 Å². The quantitative estimate of drug-likeness (QED) is 0.844. The van der Waals surface area contributed by atoms with Crippen LogP contribution in [-0.2, 0) is 10.2 Å². The first kappa shape index (κ1) is 16.0. The van der Waals surface area contributed by atoms with Crippen LogP contribution in [0.3, 0.4) is 0 Å². The van der Waals surface area contributed by atoms with E-state index in [1.165, 1.54) is 0 Å². The van der Waals surface area contributed by atoms with Crippen LogP contribution in [0.1, 0.15) is 38.0 Å². The fraction of sp³-hybridized carbons (Fsp3) is 0.733. The van der Waals surface area contributed by atoms with Crippen LogP contribution in [0, 0.1) is 0 Å². The fourth-order valence-electron chi connectivity index (χ4n) is 3.42. The van der Waals surface area contributed by atoms with Crippen molar-refractivity contribution in [1.29, 1.82) is 0 Å². The molecule has 124 valence electrons. The molecule has 3 heterocycles. The minimum Gasteiger partial charge on any atom is -0.468 e. The van der Waals surface area contributed by atoms with E-state index in [0.29, 0.717) is 19.6 Å². The van der Waals surface area contributed by atoms with Gasteiger partial charge >= 0.3 is 0 Å². The Hall–Kier alpha value is -0.890. The smallest absolute Gasteiger partial charge is 0.282 e. The van der Waals surface area contributed by atoms with Gasteiger partial charge in [0.15, 0.2) is 0 Å². The summed E-state index contributed by atoms with van der Waals surface area (Å²) in [6.45, 7) is 6.67. The summed E-state index contributed by atoms with van der Waals surface area (Å²) in [5, 5.41) is 0. The molecule has 1 atom stereocenters. The monoisotopic (exact) mass is 327 g/mol. The summed E-state index contributed by atoms with van der Waals surface area (Å²) in [5.74, 6) is 0.756. The molecule has 2 aliphatic rings. The normalized spacial score (nSPS) is 26.3. The number of hydrogen-bond donors (Lipinski definition) is 0. The van der Waals surface area contributed by atoms with Crippen molar-refractivity contribution in [2.75, 3.05) is 39.3 Å². The molecule has 0 spiro atoms. The Labute approximate surface area is 132 Å². The molecule has 1 aromatic heterocycles. The highest BCUT2D eigenvalue weighted by Gasteiger charge is 2.40. The van der Waals surface area contributed by atoms with Gasteiger partial charge in [0.25, 0.3) is 10.2 Å². The Balaban J connectivity index is 1.77. The summed E-state index contributed by atoms with van der Waals surface area (Å²) >= 11 is 0. The van der Waals surface area contributed by atoms with Crippen LogP contribution in [0.2, 0.25) is 0 Å². The summed E-state index contributed by atoms with van der Waals surface area (Å²) in [5.41, 5.74) is 0. The topological polar surface area (TPSA) is 57.0 Å². The average Bonchev–Trinajstić information content (AvgIpc) is 3.13. The summed E-state index contributed by atoms with van der Waals surface area (Å²) in [4.78, 5) is 2.31. The van der Waals surface area contributed by atoms with Crippen molar-refractivity contribution in [3.63, 3.8) is 0 Å². The molecule has 0 amide bonds. The van der Waals surface area contributed by atoms with Gasteiger partial charge in [0.05, 0.1) is 12.3 Å². The van der Waals surface area contributed by atoms with E-state index in [1.54, 1.807) is 14.9 Å². The van der Waals surface area contributed by atoms with Crippen LogP contribution >= 0.6 is 0 Å². The molecule has 0 saturated carbocycles. The third kappa shape index (κ3) is 3.08. The first-order valence-corrected chi connectivity index (χ1v) is 9.55. The van der Waals surface area contributed by atoms with Crippen LogP contribution in [0.25, 0.3) is 0 Å². The second-order valence-corrected chi connectivity index (χ2v) is 7.86. The van der Waals surface area contributed by atoms with Gasteiger partial charge in [0, 0.05) is 26.2 Å². The molecule has 22 heavy (non-hydrogen) atoms. The van der Waals surface area contributed by atoms with E-state index in [-0.39, 0.29) is 6.04 Å². The molecular weight excluding hydrogens is 302 g/mol. The predicted molar refractivity (Wildman–Crippen MR) is 84.6 cm³/mol. The SMILES string of the molecule is CCN1CCCN(S(=O)(=O)N2CCCC2c2ccco2)CC1. The van der Waals surface area contributed by atoms with E-state index < -0.39 is 10.2 Å². The van der Waals surface area contributed by atoms with E-state index in [0.717, 1.165) is 44.7 Å². The maximum Gasteiger partial charge on any atom is 0.282 e. The maximum atomic E-state index is 13.0. The Morgan fingerprint density at radius 3 is 2.77 bits per heavy atom. The first-order chi connectivity index (χ1) is 10.6. The molecule has 0 bridgehead atoms. The largest absolute Gasteiger partial charge is 0.468 e. The van der Waals surface area contributed by atoms with Crippen molar-refractivity contribution in [3.8, 4) is 0 Å². The maximum absolute atomic E-state index is 13.0. The minimum atomic E-state index is -3.41. The van der Waals surface area contributed by atoms with Crippen molar-refractivity contribution >= 4 is 10.2 Å². The van der Waals surface area contributed by atoms with Crippen LogP contribution in [-0.4, -0.2) is 61.2 Å². The molecule has 0 aliphatic carbocycles. The molecule has 6 nitrogen and oxygen atoms in total. The lowest BCUT2D eigenvalue weighted by molar-refractivity contribution is 0.287. The van der Waals surface area contributed by atoms with Gasteiger partial charge in [0.2, 0.25) is 0 Å². The van der Waals surface area contributed by atoms with E-state index >= 15 is 0 Å². The summed E-state index contributed by atoms with van der Waals surface area (Å²) in [6.07, 6.45) is 4.23. The van der Waals surface area contributed by atoms with E-state index in [2.05, 4.69) is 11.8 Å². The Bertz CT molecular complexity index is 573. The van der Waals surface area contributed by atoms with Crippen LogP contribution < -0.4 is 0 Å². The van der Waals surface area contributed by atoms with Crippen LogP contribution in [0.15, 0.2) is 22.8 Å². The third-order valence-electron chi connectivity index (χ3n) is 4.69. The number of furan rings is 1.